The maximum Gasteiger partial charge on any atom is 0.235 e. The summed E-state index contributed by atoms with van der Waals surface area (Å²) in [7, 11) is 1.50. The molecule has 0 atom stereocenters. The quantitative estimate of drug-likeness (QED) is 0.729. The first kappa shape index (κ1) is 14.8. The van der Waals surface area contributed by atoms with Gasteiger partial charge in [-0.05, 0) is 49.2 Å². The summed E-state index contributed by atoms with van der Waals surface area (Å²) in [5.74, 6) is 0.733. The molecule has 1 aliphatic rings. The van der Waals surface area contributed by atoms with Crippen LogP contribution in [0.1, 0.15) is 12.8 Å². The summed E-state index contributed by atoms with van der Waals surface area (Å²) < 4.78 is 11.3. The average Bonchev–Trinajstić information content (AvgIpc) is 3.16. The summed E-state index contributed by atoms with van der Waals surface area (Å²) in [6, 6.07) is 15.4. The number of hydrogen-bond donors (Lipinski definition) is 0. The van der Waals surface area contributed by atoms with Gasteiger partial charge in [0.25, 0.3) is 0 Å². The van der Waals surface area contributed by atoms with Crippen LogP contribution in [-0.4, -0.2) is 20.2 Å². The predicted molar refractivity (Wildman–Crippen MR) is 95.9 cm³/mol. The van der Waals surface area contributed by atoms with Crippen molar-refractivity contribution in [1.29, 1.82) is 0 Å². The number of para-hydroxylation sites is 1. The van der Waals surface area contributed by atoms with E-state index in [9.17, 15) is 4.79 Å². The van der Waals surface area contributed by atoms with E-state index in [-0.39, 0.29) is 11.2 Å². The molecule has 1 aliphatic heterocycles. The first-order chi connectivity index (χ1) is 11.8. The summed E-state index contributed by atoms with van der Waals surface area (Å²) in [6.07, 6.45) is 2.49. The highest BCUT2D eigenvalue weighted by molar-refractivity contribution is 5.82. The molecule has 4 rings (SSSR count). The van der Waals surface area contributed by atoms with Crippen molar-refractivity contribution in [3.05, 3.63) is 58.8 Å². The fourth-order valence-corrected chi connectivity index (χ4v) is 3.30. The van der Waals surface area contributed by atoms with Gasteiger partial charge in [-0.3, -0.25) is 4.79 Å². The second-order valence-electron chi connectivity index (χ2n) is 6.03. The molecule has 122 valence electrons. The van der Waals surface area contributed by atoms with Crippen molar-refractivity contribution in [3.8, 4) is 17.1 Å². The molecular weight excluding hydrogens is 302 g/mol. The molecule has 0 amide bonds. The highest BCUT2D eigenvalue weighted by Crippen LogP contribution is 2.32. The van der Waals surface area contributed by atoms with Crippen LogP contribution < -0.4 is 15.1 Å². The van der Waals surface area contributed by atoms with Crippen molar-refractivity contribution in [2.45, 2.75) is 12.8 Å². The first-order valence-corrected chi connectivity index (χ1v) is 8.23. The fraction of sp³-hybridized carbons (Fsp3) is 0.250. The van der Waals surface area contributed by atoms with Crippen LogP contribution in [0.4, 0.5) is 5.69 Å². The van der Waals surface area contributed by atoms with E-state index in [2.05, 4.69) is 17.0 Å². The minimum Gasteiger partial charge on any atom is -0.490 e. The molecular formula is C20H19NO3. The highest BCUT2D eigenvalue weighted by Gasteiger charge is 2.17. The Morgan fingerprint density at radius 1 is 1.00 bits per heavy atom. The molecule has 4 nitrogen and oxygen atoms in total. The third-order valence-corrected chi connectivity index (χ3v) is 4.56. The number of ether oxygens (including phenoxy) is 1. The van der Waals surface area contributed by atoms with Crippen molar-refractivity contribution >= 4 is 16.7 Å². The zero-order valence-corrected chi connectivity index (χ0v) is 13.6. The molecule has 0 N–H and O–H groups in total. The molecule has 1 aromatic heterocycles. The number of anilines is 1. The van der Waals surface area contributed by atoms with Crippen molar-refractivity contribution < 1.29 is 9.15 Å². The van der Waals surface area contributed by atoms with Gasteiger partial charge >= 0.3 is 0 Å². The Morgan fingerprint density at radius 2 is 1.71 bits per heavy atom. The van der Waals surface area contributed by atoms with Crippen LogP contribution in [0.2, 0.25) is 0 Å². The Balaban J connectivity index is 1.82. The van der Waals surface area contributed by atoms with Crippen molar-refractivity contribution in [1.82, 2.24) is 0 Å². The van der Waals surface area contributed by atoms with Gasteiger partial charge in [0.05, 0.1) is 12.5 Å². The van der Waals surface area contributed by atoms with E-state index >= 15 is 0 Å². The lowest BCUT2D eigenvalue weighted by Crippen LogP contribution is -2.17. The fourth-order valence-electron chi connectivity index (χ4n) is 3.30. The number of rotatable bonds is 3. The van der Waals surface area contributed by atoms with Crippen LogP contribution in [-0.2, 0) is 0 Å². The third-order valence-electron chi connectivity index (χ3n) is 4.56. The van der Waals surface area contributed by atoms with Crippen molar-refractivity contribution in [2.75, 3.05) is 25.1 Å². The van der Waals surface area contributed by atoms with Gasteiger partial charge < -0.3 is 14.1 Å². The van der Waals surface area contributed by atoms with E-state index in [1.54, 1.807) is 12.1 Å². The van der Waals surface area contributed by atoms with Crippen LogP contribution in [0.15, 0.2) is 57.7 Å². The number of methoxy groups -OCH3 is 1. The Kier molecular flexibility index (Phi) is 3.73. The zero-order chi connectivity index (χ0) is 16.5. The van der Waals surface area contributed by atoms with Crippen LogP contribution in [0.25, 0.3) is 22.3 Å². The van der Waals surface area contributed by atoms with Gasteiger partial charge in [0.15, 0.2) is 5.76 Å². The van der Waals surface area contributed by atoms with Gasteiger partial charge in [-0.25, -0.2) is 0 Å². The van der Waals surface area contributed by atoms with Gasteiger partial charge in [0.2, 0.25) is 11.2 Å². The van der Waals surface area contributed by atoms with E-state index in [1.165, 1.54) is 25.6 Å². The normalized spacial score (nSPS) is 14.3. The van der Waals surface area contributed by atoms with E-state index < -0.39 is 0 Å². The van der Waals surface area contributed by atoms with E-state index in [0.29, 0.717) is 16.7 Å². The molecule has 0 bridgehead atoms. The van der Waals surface area contributed by atoms with E-state index in [1.807, 2.05) is 24.3 Å². The summed E-state index contributed by atoms with van der Waals surface area (Å²) in [5, 5.41) is 0.534. The van der Waals surface area contributed by atoms with E-state index in [4.69, 9.17) is 9.15 Å². The third kappa shape index (κ3) is 2.44. The molecule has 4 heteroatoms. The summed E-state index contributed by atoms with van der Waals surface area (Å²) in [4.78, 5) is 15.0. The maximum absolute atomic E-state index is 12.6. The molecule has 1 saturated heterocycles. The average molecular weight is 321 g/mol. The summed E-state index contributed by atoms with van der Waals surface area (Å²) >= 11 is 0. The monoisotopic (exact) mass is 321 g/mol. The van der Waals surface area contributed by atoms with Crippen LogP contribution in [0.5, 0.6) is 5.75 Å². The van der Waals surface area contributed by atoms with Crippen molar-refractivity contribution in [2.24, 2.45) is 0 Å². The molecule has 0 unspecified atom stereocenters. The highest BCUT2D eigenvalue weighted by atomic mass is 16.5. The molecule has 0 aliphatic carbocycles. The second kappa shape index (κ2) is 6.04. The Bertz CT molecular complexity index is 922. The van der Waals surface area contributed by atoms with Gasteiger partial charge in [-0.15, -0.1) is 0 Å². The molecule has 0 radical (unpaired) electrons. The topological polar surface area (TPSA) is 42.7 Å². The van der Waals surface area contributed by atoms with Crippen LogP contribution >= 0.6 is 0 Å². The van der Waals surface area contributed by atoms with Gasteiger partial charge in [0.1, 0.15) is 5.58 Å². The molecule has 2 aromatic carbocycles. The largest absolute Gasteiger partial charge is 0.490 e. The Morgan fingerprint density at radius 3 is 2.42 bits per heavy atom. The SMILES string of the molecule is COc1c(-c2ccc(N3CCCC3)cc2)oc2ccccc2c1=O. The number of hydrogen-bond acceptors (Lipinski definition) is 4. The number of nitrogens with zero attached hydrogens (tertiary/aromatic N) is 1. The van der Waals surface area contributed by atoms with Crippen LogP contribution in [0.3, 0.4) is 0 Å². The lowest BCUT2D eigenvalue weighted by Gasteiger charge is -2.17. The molecule has 0 saturated carbocycles. The molecule has 24 heavy (non-hydrogen) atoms. The Labute approximate surface area is 140 Å². The Hall–Kier alpha value is -2.75. The summed E-state index contributed by atoms with van der Waals surface area (Å²) in [6.45, 7) is 2.21. The van der Waals surface area contributed by atoms with E-state index in [0.717, 1.165) is 18.7 Å². The molecule has 1 fully saturated rings. The van der Waals surface area contributed by atoms with Gasteiger partial charge in [-0.2, -0.15) is 0 Å². The lowest BCUT2D eigenvalue weighted by molar-refractivity contribution is 0.399. The minimum absolute atomic E-state index is 0.141. The molecule has 0 spiro atoms. The van der Waals surface area contributed by atoms with Gasteiger partial charge in [0, 0.05) is 24.3 Å². The standard InChI is InChI=1S/C20H19NO3/c1-23-20-18(22)16-6-2-3-7-17(16)24-19(20)14-8-10-15(11-9-14)21-12-4-5-13-21/h2-3,6-11H,4-5,12-13H2,1H3. The summed E-state index contributed by atoms with van der Waals surface area (Å²) in [5.41, 5.74) is 2.48. The zero-order valence-electron chi connectivity index (χ0n) is 13.6. The number of benzene rings is 2. The van der Waals surface area contributed by atoms with Crippen molar-refractivity contribution in [3.63, 3.8) is 0 Å². The molecule has 2 heterocycles. The smallest absolute Gasteiger partial charge is 0.235 e. The van der Waals surface area contributed by atoms with Gasteiger partial charge in [-0.1, -0.05) is 12.1 Å². The molecule has 3 aromatic rings. The first-order valence-electron chi connectivity index (χ1n) is 8.23. The predicted octanol–water partition coefficient (Wildman–Crippen LogP) is 4.07. The minimum atomic E-state index is -0.141. The second-order valence-corrected chi connectivity index (χ2v) is 6.03. The maximum atomic E-state index is 12.6. The number of fused-ring (bicyclic) bond motifs is 1. The lowest BCUT2D eigenvalue weighted by atomic mass is 10.1. The van der Waals surface area contributed by atoms with Crippen LogP contribution in [0, 0.1) is 0 Å².